The first kappa shape index (κ1) is 21.2. The maximum Gasteiger partial charge on any atom is 0.223 e. The number of carbonyl (C=O) groups is 1. The Morgan fingerprint density at radius 1 is 1.19 bits per heavy atom. The number of benzene rings is 1. The van der Waals surface area contributed by atoms with Crippen LogP contribution in [0.25, 0.3) is 0 Å². The van der Waals surface area contributed by atoms with Gasteiger partial charge in [-0.1, -0.05) is 49.6 Å². The number of halogens is 1. The number of aliphatic hydroxyl groups excluding tert-OH is 1. The van der Waals surface area contributed by atoms with Crippen molar-refractivity contribution in [2.45, 2.75) is 69.9 Å². The molecule has 0 radical (unpaired) electrons. The molecule has 1 heterocycles. The fourth-order valence-electron chi connectivity index (χ4n) is 4.66. The minimum absolute atomic E-state index is 0. The Labute approximate surface area is 163 Å². The van der Waals surface area contributed by atoms with Crippen molar-refractivity contribution in [2.75, 3.05) is 13.1 Å². The molecule has 2 fully saturated rings. The predicted molar refractivity (Wildman–Crippen MR) is 107 cm³/mol. The van der Waals surface area contributed by atoms with Gasteiger partial charge in [0.1, 0.15) is 0 Å². The zero-order valence-electron chi connectivity index (χ0n) is 15.6. The molecule has 1 aromatic rings. The fraction of sp³-hybridized carbons (Fsp3) is 0.667. The van der Waals surface area contributed by atoms with Crippen LogP contribution in [0.15, 0.2) is 30.3 Å². The van der Waals surface area contributed by atoms with E-state index in [4.69, 9.17) is 5.73 Å². The van der Waals surface area contributed by atoms with Crippen LogP contribution in [0.4, 0.5) is 0 Å². The molecule has 4 nitrogen and oxygen atoms in total. The predicted octanol–water partition coefficient (Wildman–Crippen LogP) is 3.82. The van der Waals surface area contributed by atoms with Crippen molar-refractivity contribution in [1.82, 2.24) is 4.90 Å². The van der Waals surface area contributed by atoms with Crippen LogP contribution < -0.4 is 5.73 Å². The van der Waals surface area contributed by atoms with E-state index in [1.54, 1.807) is 0 Å². The number of hydrogen-bond donors (Lipinski definition) is 2. The third kappa shape index (κ3) is 4.99. The number of carbonyl (C=O) groups excluding carboxylic acids is 1. The van der Waals surface area contributed by atoms with Gasteiger partial charge >= 0.3 is 0 Å². The number of nitrogens with two attached hydrogens (primary N) is 1. The molecule has 26 heavy (non-hydrogen) atoms. The van der Waals surface area contributed by atoms with Crippen molar-refractivity contribution < 1.29 is 9.90 Å². The molecule has 2 unspecified atom stereocenters. The van der Waals surface area contributed by atoms with Gasteiger partial charge in [0.05, 0.1) is 6.10 Å². The standard InChI is InChI=1S/C21H32N2O2.ClH/c22-16-21(11-5-2-6-12-21)15-20(25)23-13-7-10-18(23)14-19(24)17-8-3-1-4-9-17;/h1,3-4,8-9,18-19,24H,2,5-7,10-16,22H2;1H. The lowest BCUT2D eigenvalue weighted by atomic mass is 9.71. The Hall–Kier alpha value is -1.10. The van der Waals surface area contributed by atoms with Gasteiger partial charge in [0.2, 0.25) is 5.91 Å². The summed E-state index contributed by atoms with van der Waals surface area (Å²) in [5, 5.41) is 10.5. The van der Waals surface area contributed by atoms with Crippen LogP contribution >= 0.6 is 12.4 Å². The van der Waals surface area contributed by atoms with E-state index in [0.29, 0.717) is 19.4 Å². The minimum Gasteiger partial charge on any atom is -0.388 e. The molecule has 5 heteroatoms. The highest BCUT2D eigenvalue weighted by molar-refractivity contribution is 5.85. The summed E-state index contributed by atoms with van der Waals surface area (Å²) in [5.74, 6) is 0.245. The van der Waals surface area contributed by atoms with Crippen LogP contribution in [-0.4, -0.2) is 35.0 Å². The van der Waals surface area contributed by atoms with Gasteiger partial charge in [-0.3, -0.25) is 4.79 Å². The number of aliphatic hydroxyl groups is 1. The smallest absolute Gasteiger partial charge is 0.223 e. The largest absolute Gasteiger partial charge is 0.388 e. The molecule has 1 aliphatic heterocycles. The first-order valence-corrected chi connectivity index (χ1v) is 9.86. The quantitative estimate of drug-likeness (QED) is 0.788. The van der Waals surface area contributed by atoms with Crippen molar-refractivity contribution in [3.05, 3.63) is 35.9 Å². The normalized spacial score (nSPS) is 23.3. The van der Waals surface area contributed by atoms with Gasteiger partial charge in [-0.25, -0.2) is 0 Å². The Morgan fingerprint density at radius 3 is 2.54 bits per heavy atom. The van der Waals surface area contributed by atoms with E-state index in [0.717, 1.165) is 37.8 Å². The van der Waals surface area contributed by atoms with Crippen LogP contribution in [0.3, 0.4) is 0 Å². The molecule has 0 bridgehead atoms. The van der Waals surface area contributed by atoms with E-state index in [2.05, 4.69) is 0 Å². The summed E-state index contributed by atoms with van der Waals surface area (Å²) < 4.78 is 0. The third-order valence-corrected chi connectivity index (χ3v) is 6.25. The summed E-state index contributed by atoms with van der Waals surface area (Å²) in [6, 6.07) is 9.92. The Bertz CT molecular complexity index is 560. The van der Waals surface area contributed by atoms with E-state index < -0.39 is 6.10 Å². The van der Waals surface area contributed by atoms with E-state index in [1.807, 2.05) is 35.2 Å². The molecule has 146 valence electrons. The number of likely N-dealkylation sites (tertiary alicyclic amines) is 1. The summed E-state index contributed by atoms with van der Waals surface area (Å²) >= 11 is 0. The van der Waals surface area contributed by atoms with Gasteiger partial charge in [0.15, 0.2) is 0 Å². The lowest BCUT2D eigenvalue weighted by molar-refractivity contribution is -0.135. The van der Waals surface area contributed by atoms with Crippen LogP contribution in [-0.2, 0) is 4.79 Å². The molecule has 2 atom stereocenters. The Balaban J connectivity index is 0.00000243. The van der Waals surface area contributed by atoms with Crippen molar-refractivity contribution in [1.29, 1.82) is 0 Å². The molecule has 1 aromatic carbocycles. The molecule has 1 saturated heterocycles. The molecule has 1 saturated carbocycles. The second-order valence-electron chi connectivity index (χ2n) is 7.99. The average molecular weight is 381 g/mol. The first-order valence-electron chi connectivity index (χ1n) is 9.86. The number of nitrogens with zero attached hydrogens (tertiary/aromatic N) is 1. The van der Waals surface area contributed by atoms with Gasteiger partial charge in [0, 0.05) is 19.0 Å². The zero-order chi connectivity index (χ0) is 17.7. The van der Waals surface area contributed by atoms with Gasteiger partial charge in [-0.15, -0.1) is 12.4 Å². The molecule has 3 N–H and O–H groups in total. The lowest BCUT2D eigenvalue weighted by Gasteiger charge is -2.38. The summed E-state index contributed by atoms with van der Waals surface area (Å²) in [5.41, 5.74) is 7.02. The SMILES string of the molecule is Cl.NCC1(CC(=O)N2CCCC2CC(O)c2ccccc2)CCCCC1. The average Bonchev–Trinajstić information content (AvgIpc) is 3.11. The number of amides is 1. The summed E-state index contributed by atoms with van der Waals surface area (Å²) in [7, 11) is 0. The van der Waals surface area contributed by atoms with Crippen LogP contribution in [0.5, 0.6) is 0 Å². The van der Waals surface area contributed by atoms with Crippen LogP contribution in [0.1, 0.15) is 69.5 Å². The van der Waals surface area contributed by atoms with Crippen LogP contribution in [0, 0.1) is 5.41 Å². The van der Waals surface area contributed by atoms with Gasteiger partial charge in [-0.05, 0) is 49.6 Å². The highest BCUT2D eigenvalue weighted by atomic mass is 35.5. The molecule has 2 aliphatic rings. The van der Waals surface area contributed by atoms with Crippen LogP contribution in [0.2, 0.25) is 0 Å². The second kappa shape index (κ2) is 9.72. The third-order valence-electron chi connectivity index (χ3n) is 6.25. The highest BCUT2D eigenvalue weighted by Crippen LogP contribution is 2.39. The number of rotatable bonds is 6. The van der Waals surface area contributed by atoms with E-state index in [9.17, 15) is 9.90 Å². The van der Waals surface area contributed by atoms with E-state index >= 15 is 0 Å². The second-order valence-corrected chi connectivity index (χ2v) is 7.99. The maximum atomic E-state index is 13.0. The highest BCUT2D eigenvalue weighted by Gasteiger charge is 2.37. The molecule has 3 rings (SSSR count). The molecule has 1 aliphatic carbocycles. The summed E-state index contributed by atoms with van der Waals surface area (Å²) in [4.78, 5) is 15.0. The van der Waals surface area contributed by atoms with E-state index in [-0.39, 0.29) is 29.8 Å². The van der Waals surface area contributed by atoms with Crippen molar-refractivity contribution in [3.63, 3.8) is 0 Å². The van der Waals surface area contributed by atoms with E-state index in [1.165, 1.54) is 19.3 Å². The fourth-order valence-corrected chi connectivity index (χ4v) is 4.66. The van der Waals surface area contributed by atoms with Crippen molar-refractivity contribution >= 4 is 18.3 Å². The van der Waals surface area contributed by atoms with Gasteiger partial charge < -0.3 is 15.7 Å². The Morgan fingerprint density at radius 2 is 1.88 bits per heavy atom. The van der Waals surface area contributed by atoms with Crippen molar-refractivity contribution in [3.8, 4) is 0 Å². The minimum atomic E-state index is -0.502. The molecule has 0 aromatic heterocycles. The molecule has 0 spiro atoms. The zero-order valence-corrected chi connectivity index (χ0v) is 16.4. The lowest BCUT2D eigenvalue weighted by Crippen LogP contribution is -2.42. The topological polar surface area (TPSA) is 66.6 Å². The summed E-state index contributed by atoms with van der Waals surface area (Å²) in [6.45, 7) is 1.44. The summed E-state index contributed by atoms with van der Waals surface area (Å²) in [6.07, 6.45) is 8.57. The monoisotopic (exact) mass is 380 g/mol. The van der Waals surface area contributed by atoms with Crippen molar-refractivity contribution in [2.24, 2.45) is 11.1 Å². The Kier molecular flexibility index (Phi) is 7.93. The van der Waals surface area contributed by atoms with Gasteiger partial charge in [0.25, 0.3) is 0 Å². The maximum absolute atomic E-state index is 13.0. The molecular formula is C21H33ClN2O2. The molecular weight excluding hydrogens is 348 g/mol. The molecule has 1 amide bonds. The number of hydrogen-bond acceptors (Lipinski definition) is 3. The van der Waals surface area contributed by atoms with Gasteiger partial charge in [-0.2, -0.15) is 0 Å². The first-order chi connectivity index (χ1) is 12.1.